The molecule has 1 aliphatic rings. The number of carbonyl (C=O) groups excluding carboxylic acids is 1. The molecule has 1 fully saturated rings. The predicted molar refractivity (Wildman–Crippen MR) is 125 cm³/mol. The summed E-state index contributed by atoms with van der Waals surface area (Å²) in [6, 6.07) is 16.2. The van der Waals surface area contributed by atoms with Gasteiger partial charge in [0.2, 0.25) is 10.0 Å². The van der Waals surface area contributed by atoms with Crippen LogP contribution in [0.4, 0.5) is 0 Å². The number of carbonyl (C=O) groups is 1. The quantitative estimate of drug-likeness (QED) is 0.498. The zero-order chi connectivity index (χ0) is 23.0. The fourth-order valence-corrected chi connectivity index (χ4v) is 5.14. The van der Waals surface area contributed by atoms with E-state index in [4.69, 9.17) is 0 Å². The molecule has 0 atom stereocenters. The fourth-order valence-electron chi connectivity index (χ4n) is 3.96. The van der Waals surface area contributed by atoms with E-state index in [1.807, 2.05) is 30.3 Å². The van der Waals surface area contributed by atoms with E-state index >= 15 is 0 Å². The molecule has 0 bridgehead atoms. The van der Waals surface area contributed by atoms with Crippen LogP contribution in [0.3, 0.4) is 0 Å². The van der Waals surface area contributed by atoms with Gasteiger partial charge in [0.1, 0.15) is 11.2 Å². The monoisotopic (exact) mass is 463 g/mol. The van der Waals surface area contributed by atoms with Gasteiger partial charge in [0.25, 0.3) is 11.5 Å². The van der Waals surface area contributed by atoms with E-state index in [9.17, 15) is 18.0 Å². The highest BCUT2D eigenvalue weighted by Gasteiger charge is 2.29. The molecule has 0 saturated carbocycles. The van der Waals surface area contributed by atoms with Crippen LogP contribution >= 0.6 is 0 Å². The van der Waals surface area contributed by atoms with Crippen LogP contribution in [-0.2, 0) is 10.0 Å². The van der Waals surface area contributed by atoms with Crippen LogP contribution in [-0.4, -0.2) is 64.3 Å². The van der Waals surface area contributed by atoms with Crippen molar-refractivity contribution in [3.8, 4) is 0 Å². The molecule has 2 aromatic carbocycles. The molecule has 168 valence electrons. The van der Waals surface area contributed by atoms with Gasteiger partial charge in [0, 0.05) is 31.6 Å². The number of fused-ring (bicyclic) bond motifs is 3. The summed E-state index contributed by atoms with van der Waals surface area (Å²) < 4.78 is 28.3. The molecule has 4 aromatic rings. The molecular weight excluding hydrogens is 442 g/mol. The molecule has 2 aromatic heterocycles. The molecular formula is C23H21N5O4S. The number of hydrogen-bond donors (Lipinski definition) is 1. The molecule has 10 heteroatoms. The highest BCUT2D eigenvalue weighted by Crippen LogP contribution is 2.18. The van der Waals surface area contributed by atoms with Crippen molar-refractivity contribution in [1.82, 2.24) is 23.8 Å². The average molecular weight is 464 g/mol. The largest absolute Gasteiger partial charge is 0.336 e. The van der Waals surface area contributed by atoms with E-state index in [-0.39, 0.29) is 43.2 Å². The first kappa shape index (κ1) is 21.1. The number of nitrogens with zero attached hydrogens (tertiary/aromatic N) is 4. The Morgan fingerprint density at radius 2 is 1.67 bits per heavy atom. The first-order valence-electron chi connectivity index (χ1n) is 10.5. The number of nitrogens with one attached hydrogen (secondary N) is 1. The Labute approximate surface area is 189 Å². The minimum Gasteiger partial charge on any atom is -0.336 e. The minimum atomic E-state index is -3.60. The molecule has 1 aliphatic heterocycles. The number of aromatic amines is 1. The topological polar surface area (TPSA) is 108 Å². The van der Waals surface area contributed by atoms with Crippen molar-refractivity contribution in [2.24, 2.45) is 0 Å². The maximum atomic E-state index is 13.2. The third-order valence-electron chi connectivity index (χ3n) is 5.73. The Balaban J connectivity index is 1.33. The summed E-state index contributed by atoms with van der Waals surface area (Å²) in [5.74, 6) is -0.298. The number of rotatable bonds is 4. The summed E-state index contributed by atoms with van der Waals surface area (Å²) in [7, 11) is -3.60. The standard InChI is InChI=1S/C23H21N5O4S/c29-22-18-8-4-5-9-20(18)28-21(25-22)19(16-24-28)23(30)26-11-13-27(14-12-26)33(31,32)15-10-17-6-2-1-3-7-17/h1-10,15-16H,11-14H2,(H,25,29)/b15-10+. The van der Waals surface area contributed by atoms with Crippen LogP contribution in [0.1, 0.15) is 15.9 Å². The summed E-state index contributed by atoms with van der Waals surface area (Å²) in [6.45, 7) is 0.858. The number of para-hydroxylation sites is 1. The van der Waals surface area contributed by atoms with E-state index in [0.29, 0.717) is 16.6 Å². The lowest BCUT2D eigenvalue weighted by atomic mass is 10.2. The number of benzene rings is 2. The first-order chi connectivity index (χ1) is 15.9. The minimum absolute atomic E-state index is 0.186. The number of hydrogen-bond acceptors (Lipinski definition) is 5. The molecule has 1 amide bonds. The average Bonchev–Trinajstić information content (AvgIpc) is 3.27. The van der Waals surface area contributed by atoms with Crippen LogP contribution in [0, 0.1) is 0 Å². The van der Waals surface area contributed by atoms with Crippen LogP contribution in [0.2, 0.25) is 0 Å². The second-order valence-electron chi connectivity index (χ2n) is 7.74. The molecule has 1 N–H and O–H groups in total. The van der Waals surface area contributed by atoms with E-state index in [2.05, 4.69) is 10.1 Å². The summed E-state index contributed by atoms with van der Waals surface area (Å²) >= 11 is 0. The zero-order valence-corrected chi connectivity index (χ0v) is 18.4. The maximum Gasteiger partial charge on any atom is 0.259 e. The van der Waals surface area contributed by atoms with Gasteiger partial charge in [-0.15, -0.1) is 0 Å². The lowest BCUT2D eigenvalue weighted by Gasteiger charge is -2.33. The van der Waals surface area contributed by atoms with Crippen LogP contribution in [0.5, 0.6) is 0 Å². The Kier molecular flexibility index (Phi) is 5.31. The number of aromatic nitrogens is 3. The third-order valence-corrected chi connectivity index (χ3v) is 7.29. The Bertz CT molecular complexity index is 1530. The molecule has 3 heterocycles. The molecule has 9 nitrogen and oxygen atoms in total. The van der Waals surface area contributed by atoms with Crippen molar-refractivity contribution < 1.29 is 13.2 Å². The second-order valence-corrected chi connectivity index (χ2v) is 9.56. The van der Waals surface area contributed by atoms with Gasteiger partial charge in [-0.3, -0.25) is 9.59 Å². The van der Waals surface area contributed by atoms with Crippen molar-refractivity contribution in [3.05, 3.63) is 87.7 Å². The summed E-state index contributed by atoms with van der Waals surface area (Å²) in [4.78, 5) is 29.9. The lowest BCUT2D eigenvalue weighted by molar-refractivity contribution is 0.0700. The highest BCUT2D eigenvalue weighted by molar-refractivity contribution is 7.92. The smallest absolute Gasteiger partial charge is 0.259 e. The highest BCUT2D eigenvalue weighted by atomic mass is 32.2. The van der Waals surface area contributed by atoms with Crippen molar-refractivity contribution >= 4 is 38.6 Å². The van der Waals surface area contributed by atoms with Gasteiger partial charge in [-0.1, -0.05) is 42.5 Å². The zero-order valence-electron chi connectivity index (χ0n) is 17.6. The number of amides is 1. The first-order valence-corrected chi connectivity index (χ1v) is 12.0. The van der Waals surface area contributed by atoms with Crippen molar-refractivity contribution in [2.45, 2.75) is 0 Å². The predicted octanol–water partition coefficient (Wildman–Crippen LogP) is 1.93. The van der Waals surface area contributed by atoms with Gasteiger partial charge >= 0.3 is 0 Å². The van der Waals surface area contributed by atoms with Gasteiger partial charge in [0.15, 0.2) is 0 Å². The number of H-pyrrole nitrogens is 1. The molecule has 0 aliphatic carbocycles. The van der Waals surface area contributed by atoms with E-state index in [0.717, 1.165) is 5.56 Å². The third kappa shape index (κ3) is 3.94. The molecule has 0 spiro atoms. The Morgan fingerprint density at radius 3 is 2.42 bits per heavy atom. The fraction of sp³-hybridized carbons (Fsp3) is 0.174. The van der Waals surface area contributed by atoms with Crippen molar-refractivity contribution in [2.75, 3.05) is 26.2 Å². The summed E-state index contributed by atoms with van der Waals surface area (Å²) in [5.41, 5.74) is 1.71. The van der Waals surface area contributed by atoms with E-state index in [1.165, 1.54) is 15.9 Å². The number of sulfonamides is 1. The summed E-state index contributed by atoms with van der Waals surface area (Å²) in [6.07, 6.45) is 3.00. The van der Waals surface area contributed by atoms with Gasteiger partial charge in [0.05, 0.1) is 17.1 Å². The SMILES string of the molecule is O=C(c1cnn2c1[nH]c(=O)c1ccccc12)N1CCN(S(=O)(=O)/C=C/c2ccccc2)CC1. The second kappa shape index (κ2) is 8.30. The van der Waals surface area contributed by atoms with Gasteiger partial charge < -0.3 is 9.88 Å². The van der Waals surface area contributed by atoms with Crippen LogP contribution < -0.4 is 5.56 Å². The van der Waals surface area contributed by atoms with Crippen molar-refractivity contribution in [1.29, 1.82) is 0 Å². The number of piperazine rings is 1. The van der Waals surface area contributed by atoms with Gasteiger partial charge in [-0.05, 0) is 23.8 Å². The molecule has 5 rings (SSSR count). The maximum absolute atomic E-state index is 13.2. The Hall–Kier alpha value is -3.76. The van der Waals surface area contributed by atoms with E-state index in [1.54, 1.807) is 39.8 Å². The van der Waals surface area contributed by atoms with Crippen LogP contribution in [0.25, 0.3) is 22.6 Å². The van der Waals surface area contributed by atoms with E-state index < -0.39 is 10.0 Å². The molecule has 0 radical (unpaired) electrons. The van der Waals surface area contributed by atoms with Crippen molar-refractivity contribution in [3.63, 3.8) is 0 Å². The normalized spacial score (nSPS) is 15.6. The van der Waals surface area contributed by atoms with Crippen LogP contribution in [0.15, 0.2) is 71.0 Å². The molecule has 33 heavy (non-hydrogen) atoms. The van der Waals surface area contributed by atoms with Gasteiger partial charge in [-0.25, -0.2) is 12.9 Å². The Morgan fingerprint density at radius 1 is 0.970 bits per heavy atom. The van der Waals surface area contributed by atoms with Gasteiger partial charge in [-0.2, -0.15) is 9.40 Å². The molecule has 1 saturated heterocycles. The lowest BCUT2D eigenvalue weighted by Crippen LogP contribution is -2.50. The molecule has 0 unspecified atom stereocenters. The summed E-state index contributed by atoms with van der Waals surface area (Å²) in [5, 5.41) is 5.97.